The number of likely N-dealkylation sites (N-methyl/N-ethyl adjacent to an activating group) is 1. The molecule has 2 unspecified atom stereocenters. The predicted molar refractivity (Wildman–Crippen MR) is 85.3 cm³/mol. The van der Waals surface area contributed by atoms with E-state index in [0.717, 1.165) is 43.0 Å². The molecule has 1 N–H and O–H groups in total. The van der Waals surface area contributed by atoms with E-state index in [9.17, 15) is 4.79 Å². The number of nitrogens with one attached hydrogen (secondary N) is 1. The van der Waals surface area contributed by atoms with Crippen molar-refractivity contribution < 1.29 is 9.53 Å². The molecule has 0 aromatic carbocycles. The van der Waals surface area contributed by atoms with Crippen LogP contribution in [0.5, 0.6) is 0 Å². The van der Waals surface area contributed by atoms with Crippen molar-refractivity contribution in [2.45, 2.75) is 43.2 Å². The van der Waals surface area contributed by atoms with Gasteiger partial charge in [-0.15, -0.1) is 11.8 Å². The maximum Gasteiger partial charge on any atom is 0.326 e. The number of hydrogen-bond donors (Lipinski definition) is 1. The largest absolute Gasteiger partial charge is 0.468 e. The Bertz CT molecular complexity index is 455. The maximum atomic E-state index is 12.3. The van der Waals surface area contributed by atoms with E-state index in [1.807, 2.05) is 31.3 Å². The van der Waals surface area contributed by atoms with E-state index < -0.39 is 5.54 Å². The zero-order chi connectivity index (χ0) is 15.1. The summed E-state index contributed by atoms with van der Waals surface area (Å²) < 4.78 is 5.06. The van der Waals surface area contributed by atoms with Crippen molar-refractivity contribution in [3.8, 4) is 0 Å². The zero-order valence-corrected chi connectivity index (χ0v) is 13.6. The molecule has 0 radical (unpaired) electrons. The van der Waals surface area contributed by atoms with Gasteiger partial charge < -0.3 is 10.1 Å². The summed E-state index contributed by atoms with van der Waals surface area (Å²) in [4.78, 5) is 16.6. The summed E-state index contributed by atoms with van der Waals surface area (Å²) in [7, 11) is 1.49. The number of aromatic nitrogens is 1. The van der Waals surface area contributed by atoms with E-state index in [4.69, 9.17) is 4.74 Å². The molecule has 2 rings (SSSR count). The van der Waals surface area contributed by atoms with Crippen LogP contribution in [0.25, 0.3) is 0 Å². The van der Waals surface area contributed by atoms with Gasteiger partial charge in [-0.3, -0.25) is 4.79 Å². The highest BCUT2D eigenvalue weighted by atomic mass is 32.2. The Morgan fingerprint density at radius 3 is 3.10 bits per heavy atom. The summed E-state index contributed by atoms with van der Waals surface area (Å²) in [5.41, 5.74) is -0.478. The Balaban J connectivity index is 1.95. The maximum absolute atomic E-state index is 12.3. The van der Waals surface area contributed by atoms with Gasteiger partial charge in [0.2, 0.25) is 0 Å². The molecule has 0 bridgehead atoms. The van der Waals surface area contributed by atoms with Crippen LogP contribution < -0.4 is 5.32 Å². The second-order valence-electron chi connectivity index (χ2n) is 5.39. The first-order valence-corrected chi connectivity index (χ1v) is 8.58. The van der Waals surface area contributed by atoms with Gasteiger partial charge in [-0.25, -0.2) is 4.98 Å². The first kappa shape index (κ1) is 16.3. The number of carbonyl (C=O) groups excluding carboxylic acids is 1. The minimum Gasteiger partial charge on any atom is -0.468 e. The molecule has 0 spiro atoms. The molecule has 21 heavy (non-hydrogen) atoms. The van der Waals surface area contributed by atoms with E-state index >= 15 is 0 Å². The first-order chi connectivity index (χ1) is 10.2. The van der Waals surface area contributed by atoms with Gasteiger partial charge in [-0.2, -0.15) is 0 Å². The van der Waals surface area contributed by atoms with Crippen molar-refractivity contribution in [2.75, 3.05) is 19.4 Å². The molecule has 0 aliphatic heterocycles. The van der Waals surface area contributed by atoms with Gasteiger partial charge in [0.15, 0.2) is 0 Å². The predicted octanol–water partition coefficient (Wildman–Crippen LogP) is 2.89. The Morgan fingerprint density at radius 1 is 1.57 bits per heavy atom. The SMILES string of the molecule is CCNC1(C(=O)OC)CCCC1CCSc1ccccn1. The number of esters is 1. The Morgan fingerprint density at radius 2 is 2.43 bits per heavy atom. The van der Waals surface area contributed by atoms with Crippen LogP contribution in [0.15, 0.2) is 29.4 Å². The van der Waals surface area contributed by atoms with Crippen LogP contribution in [0.2, 0.25) is 0 Å². The third-order valence-corrected chi connectivity index (χ3v) is 5.19. The number of rotatable bonds is 7. The monoisotopic (exact) mass is 308 g/mol. The van der Waals surface area contributed by atoms with Gasteiger partial charge in [0.25, 0.3) is 0 Å². The van der Waals surface area contributed by atoms with Crippen molar-refractivity contribution >= 4 is 17.7 Å². The molecule has 1 fully saturated rings. The van der Waals surface area contributed by atoms with Gasteiger partial charge >= 0.3 is 5.97 Å². The zero-order valence-electron chi connectivity index (χ0n) is 12.8. The highest BCUT2D eigenvalue weighted by molar-refractivity contribution is 7.99. The van der Waals surface area contributed by atoms with Crippen molar-refractivity contribution in [1.82, 2.24) is 10.3 Å². The van der Waals surface area contributed by atoms with Crippen molar-refractivity contribution in [3.05, 3.63) is 24.4 Å². The van der Waals surface area contributed by atoms with Crippen LogP contribution in [0.1, 0.15) is 32.6 Å². The molecule has 1 heterocycles. The summed E-state index contributed by atoms with van der Waals surface area (Å²) >= 11 is 1.75. The van der Waals surface area contributed by atoms with Gasteiger partial charge in [0.1, 0.15) is 5.54 Å². The van der Waals surface area contributed by atoms with E-state index in [0.29, 0.717) is 5.92 Å². The average molecular weight is 308 g/mol. The van der Waals surface area contributed by atoms with E-state index in [2.05, 4.69) is 10.3 Å². The van der Waals surface area contributed by atoms with Crippen LogP contribution in [0.3, 0.4) is 0 Å². The highest BCUT2D eigenvalue weighted by Gasteiger charge is 2.48. The average Bonchev–Trinajstić information content (AvgIpc) is 2.92. The van der Waals surface area contributed by atoms with Crippen molar-refractivity contribution in [2.24, 2.45) is 5.92 Å². The minimum atomic E-state index is -0.478. The Kier molecular flexibility index (Phi) is 6.06. The molecule has 4 nitrogen and oxygen atoms in total. The molecule has 1 aromatic rings. The molecular weight excluding hydrogens is 284 g/mol. The Hall–Kier alpha value is -1.07. The van der Waals surface area contributed by atoms with E-state index in [-0.39, 0.29) is 5.97 Å². The molecule has 2 atom stereocenters. The molecule has 5 heteroatoms. The molecule has 0 amide bonds. The minimum absolute atomic E-state index is 0.102. The van der Waals surface area contributed by atoms with Gasteiger partial charge in [0, 0.05) is 6.20 Å². The summed E-state index contributed by atoms with van der Waals surface area (Å²) in [5, 5.41) is 4.45. The molecule has 0 saturated heterocycles. The lowest BCUT2D eigenvalue weighted by molar-refractivity contribution is -0.150. The van der Waals surface area contributed by atoms with Gasteiger partial charge in [0.05, 0.1) is 12.1 Å². The standard InChI is InChI=1S/C16H24N2O2S/c1-3-18-16(15(19)20-2)10-6-7-13(16)9-12-21-14-8-4-5-11-17-14/h4-5,8,11,13,18H,3,6-7,9-10,12H2,1-2H3. The lowest BCUT2D eigenvalue weighted by Gasteiger charge is -2.33. The van der Waals surface area contributed by atoms with Crippen LogP contribution in [-0.4, -0.2) is 35.9 Å². The number of methoxy groups -OCH3 is 1. The summed E-state index contributed by atoms with van der Waals surface area (Å²) in [6, 6.07) is 5.95. The molecule has 116 valence electrons. The second-order valence-corrected chi connectivity index (χ2v) is 6.50. The van der Waals surface area contributed by atoms with Gasteiger partial charge in [-0.05, 0) is 49.6 Å². The molecule has 1 aromatic heterocycles. The number of thioether (sulfide) groups is 1. The number of nitrogens with zero attached hydrogens (tertiary/aromatic N) is 1. The fourth-order valence-corrected chi connectivity index (χ4v) is 4.20. The smallest absolute Gasteiger partial charge is 0.326 e. The number of ether oxygens (including phenoxy) is 1. The van der Waals surface area contributed by atoms with Crippen LogP contribution >= 0.6 is 11.8 Å². The normalized spacial score (nSPS) is 25.0. The Labute approximate surface area is 131 Å². The van der Waals surface area contributed by atoms with E-state index in [1.165, 1.54) is 7.11 Å². The number of carbonyl (C=O) groups is 1. The lowest BCUT2D eigenvalue weighted by Crippen LogP contribution is -2.55. The third-order valence-electron chi connectivity index (χ3n) is 4.22. The summed E-state index contributed by atoms with van der Waals surface area (Å²) in [5.74, 6) is 1.22. The summed E-state index contributed by atoms with van der Waals surface area (Å²) in [6.07, 6.45) is 5.87. The number of pyridine rings is 1. The van der Waals surface area contributed by atoms with Crippen molar-refractivity contribution in [3.63, 3.8) is 0 Å². The summed E-state index contributed by atoms with van der Waals surface area (Å²) in [6.45, 7) is 2.84. The highest BCUT2D eigenvalue weighted by Crippen LogP contribution is 2.39. The van der Waals surface area contributed by atoms with Crippen LogP contribution in [-0.2, 0) is 9.53 Å². The fraction of sp³-hybridized carbons (Fsp3) is 0.625. The molecule has 1 aliphatic carbocycles. The lowest BCUT2D eigenvalue weighted by atomic mass is 9.85. The van der Waals surface area contributed by atoms with Crippen LogP contribution in [0, 0.1) is 5.92 Å². The van der Waals surface area contributed by atoms with Gasteiger partial charge in [-0.1, -0.05) is 19.4 Å². The number of hydrogen-bond acceptors (Lipinski definition) is 5. The molecular formula is C16H24N2O2S. The third kappa shape index (κ3) is 3.77. The second kappa shape index (κ2) is 7.80. The van der Waals surface area contributed by atoms with Crippen molar-refractivity contribution in [1.29, 1.82) is 0 Å². The quantitative estimate of drug-likeness (QED) is 0.620. The van der Waals surface area contributed by atoms with E-state index in [1.54, 1.807) is 11.8 Å². The molecule has 1 aliphatic rings. The molecule has 1 saturated carbocycles. The first-order valence-electron chi connectivity index (χ1n) is 7.60. The fourth-order valence-electron chi connectivity index (χ4n) is 3.28. The van der Waals surface area contributed by atoms with Crippen LogP contribution in [0.4, 0.5) is 0 Å². The topological polar surface area (TPSA) is 51.2 Å².